The molecule has 0 aromatic heterocycles. The van der Waals surface area contributed by atoms with E-state index in [9.17, 15) is 13.2 Å². The van der Waals surface area contributed by atoms with Gasteiger partial charge in [0.25, 0.3) is 0 Å². The summed E-state index contributed by atoms with van der Waals surface area (Å²) >= 11 is 0. The first-order valence-electron chi connectivity index (χ1n) is 4.10. The van der Waals surface area contributed by atoms with Gasteiger partial charge >= 0.3 is 0 Å². The molecular weight excluding hydrogens is 195 g/mol. The Bertz CT molecular complexity index is 317. The fraction of sp³-hybridized carbons (Fsp3) is 0.333. The molecule has 0 aliphatic carbocycles. The number of hydrogen-bond acceptors (Lipinski definition) is 2. The highest BCUT2D eigenvalue weighted by atomic mass is 19.2. The predicted molar refractivity (Wildman–Crippen MR) is 45.1 cm³/mol. The molecular formula is C9H10F3NO. The van der Waals surface area contributed by atoms with Crippen LogP contribution >= 0.6 is 0 Å². The molecule has 2 N–H and O–H groups in total. The molecule has 0 atom stereocenters. The van der Waals surface area contributed by atoms with Gasteiger partial charge in [0, 0.05) is 24.7 Å². The van der Waals surface area contributed by atoms with Crippen molar-refractivity contribution in [2.45, 2.75) is 6.54 Å². The topological polar surface area (TPSA) is 32.3 Å². The van der Waals surface area contributed by atoms with Crippen molar-refractivity contribution in [1.82, 2.24) is 5.32 Å². The molecule has 14 heavy (non-hydrogen) atoms. The average Bonchev–Trinajstić information content (AvgIpc) is 2.13. The standard InChI is InChI=1S/C9H10F3NO/c10-7-3-6(5-13-1-2-14)9(12)8(11)4-7/h3-4,13-14H,1-2,5H2. The number of aliphatic hydroxyl groups excluding tert-OH is 1. The smallest absolute Gasteiger partial charge is 0.163 e. The summed E-state index contributed by atoms with van der Waals surface area (Å²) in [5.74, 6) is -3.08. The van der Waals surface area contributed by atoms with Crippen molar-refractivity contribution in [3.8, 4) is 0 Å². The van der Waals surface area contributed by atoms with Gasteiger partial charge in [0.05, 0.1) is 6.61 Å². The first kappa shape index (κ1) is 11.0. The van der Waals surface area contributed by atoms with E-state index in [0.717, 1.165) is 6.07 Å². The fourth-order valence-corrected chi connectivity index (χ4v) is 1.04. The van der Waals surface area contributed by atoms with Crippen LogP contribution in [-0.2, 0) is 6.54 Å². The second-order valence-corrected chi connectivity index (χ2v) is 2.76. The molecule has 1 aromatic carbocycles. The summed E-state index contributed by atoms with van der Waals surface area (Å²) in [6.45, 7) is 0.123. The molecule has 0 aliphatic rings. The monoisotopic (exact) mass is 205 g/mol. The summed E-state index contributed by atoms with van der Waals surface area (Å²) in [4.78, 5) is 0. The van der Waals surface area contributed by atoms with Gasteiger partial charge < -0.3 is 10.4 Å². The van der Waals surface area contributed by atoms with Crippen molar-refractivity contribution in [1.29, 1.82) is 0 Å². The van der Waals surface area contributed by atoms with Crippen LogP contribution in [0.4, 0.5) is 13.2 Å². The van der Waals surface area contributed by atoms with Crippen LogP contribution in [0.1, 0.15) is 5.56 Å². The Kier molecular flexibility index (Phi) is 3.91. The minimum atomic E-state index is -1.20. The van der Waals surface area contributed by atoms with Crippen LogP contribution in [0.2, 0.25) is 0 Å². The lowest BCUT2D eigenvalue weighted by Crippen LogP contribution is -2.18. The van der Waals surface area contributed by atoms with Crippen molar-refractivity contribution < 1.29 is 18.3 Å². The molecule has 0 unspecified atom stereocenters. The van der Waals surface area contributed by atoms with E-state index in [2.05, 4.69) is 5.32 Å². The Morgan fingerprint density at radius 1 is 1.21 bits per heavy atom. The first-order valence-corrected chi connectivity index (χ1v) is 4.10. The lowest BCUT2D eigenvalue weighted by Gasteiger charge is -2.05. The number of nitrogens with one attached hydrogen (secondary N) is 1. The first-order chi connectivity index (χ1) is 6.65. The number of benzene rings is 1. The number of hydrogen-bond donors (Lipinski definition) is 2. The molecule has 0 spiro atoms. The summed E-state index contributed by atoms with van der Waals surface area (Å²) < 4.78 is 38.3. The van der Waals surface area contributed by atoms with Gasteiger partial charge in [0.1, 0.15) is 5.82 Å². The van der Waals surface area contributed by atoms with E-state index in [1.54, 1.807) is 0 Å². The van der Waals surface area contributed by atoms with E-state index in [1.807, 2.05) is 0 Å². The summed E-state index contributed by atoms with van der Waals surface area (Å²) in [6.07, 6.45) is 0. The highest BCUT2D eigenvalue weighted by Gasteiger charge is 2.09. The molecule has 0 bridgehead atoms. The van der Waals surface area contributed by atoms with Crippen LogP contribution in [-0.4, -0.2) is 18.3 Å². The highest BCUT2D eigenvalue weighted by molar-refractivity contribution is 5.20. The van der Waals surface area contributed by atoms with Gasteiger partial charge in [0.2, 0.25) is 0 Å². The normalized spacial score (nSPS) is 10.6. The van der Waals surface area contributed by atoms with Crippen molar-refractivity contribution in [2.75, 3.05) is 13.2 Å². The molecule has 0 fully saturated rings. The van der Waals surface area contributed by atoms with Crippen LogP contribution in [0, 0.1) is 17.5 Å². The molecule has 2 nitrogen and oxygen atoms in total. The summed E-state index contributed by atoms with van der Waals surface area (Å²) in [5, 5.41) is 11.0. The molecule has 0 amide bonds. The Morgan fingerprint density at radius 2 is 1.93 bits per heavy atom. The lowest BCUT2D eigenvalue weighted by molar-refractivity contribution is 0.291. The predicted octanol–water partition coefficient (Wildman–Crippen LogP) is 1.19. The Balaban J connectivity index is 2.75. The van der Waals surface area contributed by atoms with Gasteiger partial charge in [-0.1, -0.05) is 0 Å². The zero-order valence-corrected chi connectivity index (χ0v) is 7.36. The van der Waals surface area contributed by atoms with Gasteiger partial charge in [-0.15, -0.1) is 0 Å². The third kappa shape index (κ3) is 2.71. The zero-order valence-electron chi connectivity index (χ0n) is 7.36. The molecule has 5 heteroatoms. The van der Waals surface area contributed by atoms with Crippen molar-refractivity contribution in [3.63, 3.8) is 0 Å². The van der Waals surface area contributed by atoms with Gasteiger partial charge in [-0.2, -0.15) is 0 Å². The fourth-order valence-electron chi connectivity index (χ4n) is 1.04. The van der Waals surface area contributed by atoms with Crippen LogP contribution < -0.4 is 5.32 Å². The third-order valence-corrected chi connectivity index (χ3v) is 1.67. The van der Waals surface area contributed by atoms with Crippen molar-refractivity contribution >= 4 is 0 Å². The SMILES string of the molecule is OCCNCc1cc(F)cc(F)c1F. The minimum absolute atomic E-state index is 0.0128. The van der Waals surface area contributed by atoms with E-state index < -0.39 is 17.5 Å². The average molecular weight is 205 g/mol. The molecule has 0 saturated carbocycles. The van der Waals surface area contributed by atoms with E-state index in [1.165, 1.54) is 0 Å². The van der Waals surface area contributed by atoms with Gasteiger partial charge in [-0.25, -0.2) is 13.2 Å². The Hall–Kier alpha value is -1.07. The second-order valence-electron chi connectivity index (χ2n) is 2.76. The Morgan fingerprint density at radius 3 is 2.57 bits per heavy atom. The maximum atomic E-state index is 13.0. The molecule has 0 aliphatic heterocycles. The van der Waals surface area contributed by atoms with E-state index in [0.29, 0.717) is 6.07 Å². The van der Waals surface area contributed by atoms with Crippen molar-refractivity contribution in [2.24, 2.45) is 0 Å². The molecule has 0 saturated heterocycles. The summed E-state index contributed by atoms with van der Waals surface area (Å²) in [5.41, 5.74) is -0.0871. The van der Waals surface area contributed by atoms with Crippen molar-refractivity contribution in [3.05, 3.63) is 35.1 Å². The highest BCUT2D eigenvalue weighted by Crippen LogP contribution is 2.13. The molecule has 0 radical (unpaired) electrons. The number of halogens is 3. The largest absolute Gasteiger partial charge is 0.395 e. The van der Waals surface area contributed by atoms with E-state index >= 15 is 0 Å². The summed E-state index contributed by atoms with van der Waals surface area (Å²) in [7, 11) is 0. The van der Waals surface area contributed by atoms with Crippen LogP contribution in [0.5, 0.6) is 0 Å². The second kappa shape index (κ2) is 4.97. The zero-order chi connectivity index (χ0) is 10.6. The number of aliphatic hydroxyl groups is 1. The minimum Gasteiger partial charge on any atom is -0.395 e. The van der Waals surface area contributed by atoms with E-state index in [4.69, 9.17) is 5.11 Å². The maximum Gasteiger partial charge on any atom is 0.163 e. The third-order valence-electron chi connectivity index (χ3n) is 1.67. The number of rotatable bonds is 4. The van der Waals surface area contributed by atoms with Gasteiger partial charge in [0.15, 0.2) is 11.6 Å². The quantitative estimate of drug-likeness (QED) is 0.571. The van der Waals surface area contributed by atoms with E-state index in [-0.39, 0.29) is 25.3 Å². The van der Waals surface area contributed by atoms with Crippen LogP contribution in [0.3, 0.4) is 0 Å². The van der Waals surface area contributed by atoms with Gasteiger partial charge in [-0.3, -0.25) is 0 Å². The lowest BCUT2D eigenvalue weighted by atomic mass is 10.2. The Labute approximate surface area is 79.4 Å². The maximum absolute atomic E-state index is 13.0. The molecule has 78 valence electrons. The molecule has 0 heterocycles. The van der Waals surface area contributed by atoms with Crippen LogP contribution in [0.15, 0.2) is 12.1 Å². The molecule has 1 aromatic rings. The molecule has 1 rings (SSSR count). The van der Waals surface area contributed by atoms with Gasteiger partial charge in [-0.05, 0) is 6.07 Å². The van der Waals surface area contributed by atoms with Crippen LogP contribution in [0.25, 0.3) is 0 Å². The summed E-state index contributed by atoms with van der Waals surface area (Å²) in [6, 6.07) is 1.41.